The molecule has 180 valence electrons. The summed E-state index contributed by atoms with van der Waals surface area (Å²) in [7, 11) is 1.62. The van der Waals surface area contributed by atoms with Crippen LogP contribution in [0.25, 0.3) is 12.2 Å². The van der Waals surface area contributed by atoms with Crippen molar-refractivity contribution in [1.82, 2.24) is 0 Å². The van der Waals surface area contributed by atoms with Crippen LogP contribution in [0.2, 0.25) is 0 Å². The van der Waals surface area contributed by atoms with Crippen LogP contribution in [-0.4, -0.2) is 31.3 Å². The Morgan fingerprint density at radius 3 is 2.38 bits per heavy atom. The number of hydrogen-bond acceptors (Lipinski definition) is 4. The summed E-state index contributed by atoms with van der Waals surface area (Å²) in [5.74, 6) is 2.48. The lowest BCUT2D eigenvalue weighted by Crippen LogP contribution is -2.48. The fourth-order valence-corrected chi connectivity index (χ4v) is 6.93. The summed E-state index contributed by atoms with van der Waals surface area (Å²) in [6, 6.07) is 13.5. The van der Waals surface area contributed by atoms with Gasteiger partial charge in [-0.25, -0.2) is 4.79 Å². The molecule has 2 aromatic carbocycles. The maximum atomic E-state index is 11.6. The largest absolute Gasteiger partial charge is 0.478 e. The van der Waals surface area contributed by atoms with Gasteiger partial charge in [-0.3, -0.25) is 0 Å². The highest BCUT2D eigenvalue weighted by atomic mass is 16.7. The SMILES string of the molecule is COC(C)OCOc1cc(C=Cc2ccccc2C(=O)O)ccc1C12CC3CC(CC(C3)C1)C2. The molecule has 4 bridgehead atoms. The summed E-state index contributed by atoms with van der Waals surface area (Å²) < 4.78 is 17.1. The molecule has 4 aliphatic rings. The summed E-state index contributed by atoms with van der Waals surface area (Å²) in [4.78, 5) is 11.6. The molecule has 1 atom stereocenters. The van der Waals surface area contributed by atoms with Crippen molar-refractivity contribution in [3.05, 3.63) is 64.7 Å². The maximum absolute atomic E-state index is 11.6. The molecule has 5 nitrogen and oxygen atoms in total. The van der Waals surface area contributed by atoms with Crippen molar-refractivity contribution < 1.29 is 24.1 Å². The highest BCUT2D eigenvalue weighted by Gasteiger charge is 2.52. The molecule has 0 spiro atoms. The predicted molar refractivity (Wildman–Crippen MR) is 132 cm³/mol. The third-order valence-corrected chi connectivity index (χ3v) is 8.11. The normalized spacial score (nSPS) is 28.4. The topological polar surface area (TPSA) is 65.0 Å². The van der Waals surface area contributed by atoms with Crippen LogP contribution in [0, 0.1) is 17.8 Å². The van der Waals surface area contributed by atoms with Gasteiger partial charge in [-0.15, -0.1) is 0 Å². The van der Waals surface area contributed by atoms with Crippen molar-refractivity contribution in [3.8, 4) is 5.75 Å². The molecule has 4 saturated carbocycles. The fraction of sp³-hybridized carbons (Fsp3) is 0.483. The molecule has 1 unspecified atom stereocenters. The van der Waals surface area contributed by atoms with Crippen molar-refractivity contribution in [2.75, 3.05) is 13.9 Å². The molecule has 4 aliphatic carbocycles. The zero-order valence-corrected chi connectivity index (χ0v) is 20.0. The minimum atomic E-state index is -0.925. The van der Waals surface area contributed by atoms with Crippen molar-refractivity contribution in [1.29, 1.82) is 0 Å². The van der Waals surface area contributed by atoms with E-state index >= 15 is 0 Å². The Hall–Kier alpha value is -2.63. The Bertz CT molecular complexity index is 1040. The molecule has 1 N–H and O–H groups in total. The Kier molecular flexibility index (Phi) is 6.50. The van der Waals surface area contributed by atoms with Crippen LogP contribution in [0.15, 0.2) is 42.5 Å². The second-order valence-corrected chi connectivity index (χ2v) is 10.4. The maximum Gasteiger partial charge on any atom is 0.336 e. The van der Waals surface area contributed by atoms with Crippen LogP contribution in [0.4, 0.5) is 0 Å². The smallest absolute Gasteiger partial charge is 0.336 e. The molecule has 0 heterocycles. The molecule has 0 saturated heterocycles. The van der Waals surface area contributed by atoms with Crippen molar-refractivity contribution in [2.24, 2.45) is 17.8 Å². The van der Waals surface area contributed by atoms with Gasteiger partial charge in [-0.05, 0) is 91.9 Å². The van der Waals surface area contributed by atoms with Gasteiger partial charge in [0.15, 0.2) is 13.1 Å². The first-order valence-electron chi connectivity index (χ1n) is 12.4. The first-order valence-corrected chi connectivity index (χ1v) is 12.4. The third-order valence-electron chi connectivity index (χ3n) is 8.11. The minimum Gasteiger partial charge on any atom is -0.478 e. The molecule has 6 rings (SSSR count). The molecular weight excluding hydrogens is 428 g/mol. The number of aromatic carboxylic acids is 1. The van der Waals surface area contributed by atoms with E-state index in [1.54, 1.807) is 19.2 Å². The van der Waals surface area contributed by atoms with Crippen molar-refractivity contribution >= 4 is 18.1 Å². The van der Waals surface area contributed by atoms with E-state index < -0.39 is 5.97 Å². The van der Waals surface area contributed by atoms with Gasteiger partial charge in [0.05, 0.1) is 5.56 Å². The van der Waals surface area contributed by atoms with E-state index in [1.807, 2.05) is 31.2 Å². The number of methoxy groups -OCH3 is 1. The van der Waals surface area contributed by atoms with Crippen LogP contribution < -0.4 is 4.74 Å². The van der Waals surface area contributed by atoms with E-state index in [0.717, 1.165) is 29.1 Å². The number of carboxylic acid groups (broad SMARTS) is 1. The standard InChI is InChI=1S/C29H34O5/c1-19(32-2)33-18-34-27-14-20(7-9-24-5-3-4-6-25(24)28(30)31)8-10-26(27)29-15-21-11-22(16-29)13-23(12-21)17-29/h3-10,14,19,21-23H,11-13,15-18H2,1-2H3,(H,30,31). The lowest BCUT2D eigenvalue weighted by Gasteiger charge is -2.57. The highest BCUT2D eigenvalue weighted by Crippen LogP contribution is 2.61. The van der Waals surface area contributed by atoms with Gasteiger partial charge in [0.2, 0.25) is 0 Å². The van der Waals surface area contributed by atoms with Crippen LogP contribution in [0.1, 0.15) is 72.5 Å². The Morgan fingerprint density at radius 2 is 1.74 bits per heavy atom. The second-order valence-electron chi connectivity index (χ2n) is 10.4. The average Bonchev–Trinajstić information content (AvgIpc) is 2.82. The molecule has 2 aromatic rings. The predicted octanol–water partition coefficient (Wildman–Crippen LogP) is 6.37. The number of carboxylic acids is 1. The monoisotopic (exact) mass is 462 g/mol. The zero-order valence-electron chi connectivity index (χ0n) is 20.0. The molecule has 0 radical (unpaired) electrons. The van der Waals surface area contributed by atoms with Gasteiger partial charge in [-0.1, -0.05) is 42.5 Å². The second kappa shape index (κ2) is 9.55. The zero-order chi connectivity index (χ0) is 23.7. The van der Waals surface area contributed by atoms with E-state index in [2.05, 4.69) is 18.2 Å². The summed E-state index contributed by atoms with van der Waals surface area (Å²) in [5, 5.41) is 9.48. The number of hydrogen-bond donors (Lipinski definition) is 1. The lowest BCUT2D eigenvalue weighted by molar-refractivity contribution is -0.150. The van der Waals surface area contributed by atoms with Gasteiger partial charge in [0.1, 0.15) is 5.75 Å². The Labute approximate surface area is 201 Å². The molecule has 0 aromatic heterocycles. The van der Waals surface area contributed by atoms with E-state index in [-0.39, 0.29) is 18.5 Å². The summed E-state index contributed by atoms with van der Waals surface area (Å²) in [5.41, 5.74) is 3.46. The average molecular weight is 463 g/mol. The molecular formula is C29H34O5. The number of carbonyl (C=O) groups is 1. The van der Waals surface area contributed by atoms with Crippen LogP contribution in [0.3, 0.4) is 0 Å². The van der Waals surface area contributed by atoms with Gasteiger partial charge >= 0.3 is 5.97 Å². The van der Waals surface area contributed by atoms with E-state index in [0.29, 0.717) is 11.1 Å². The van der Waals surface area contributed by atoms with Crippen LogP contribution >= 0.6 is 0 Å². The molecule has 0 amide bonds. The molecule has 4 fully saturated rings. The van der Waals surface area contributed by atoms with E-state index in [4.69, 9.17) is 14.2 Å². The van der Waals surface area contributed by atoms with Crippen LogP contribution in [0.5, 0.6) is 5.75 Å². The summed E-state index contributed by atoms with van der Waals surface area (Å²) in [6.45, 7) is 1.98. The number of ether oxygens (including phenoxy) is 3. The molecule has 0 aliphatic heterocycles. The highest BCUT2D eigenvalue weighted by molar-refractivity contribution is 5.93. The first kappa shape index (κ1) is 23.1. The summed E-state index contributed by atoms with van der Waals surface area (Å²) in [6.07, 6.45) is 11.4. The van der Waals surface area contributed by atoms with Gasteiger partial charge < -0.3 is 19.3 Å². The quantitative estimate of drug-likeness (QED) is 0.347. The van der Waals surface area contributed by atoms with Crippen molar-refractivity contribution in [2.45, 2.75) is 57.2 Å². The van der Waals surface area contributed by atoms with Crippen molar-refractivity contribution in [3.63, 3.8) is 0 Å². The van der Waals surface area contributed by atoms with Gasteiger partial charge in [0, 0.05) is 12.7 Å². The Morgan fingerprint density at radius 1 is 1.06 bits per heavy atom. The van der Waals surface area contributed by atoms with Gasteiger partial charge in [-0.2, -0.15) is 0 Å². The van der Waals surface area contributed by atoms with E-state index in [1.165, 1.54) is 44.1 Å². The molecule has 34 heavy (non-hydrogen) atoms. The Balaban J connectivity index is 1.45. The first-order chi connectivity index (χ1) is 16.5. The summed E-state index contributed by atoms with van der Waals surface area (Å²) >= 11 is 0. The fourth-order valence-electron chi connectivity index (χ4n) is 6.93. The van der Waals surface area contributed by atoms with Crippen LogP contribution in [-0.2, 0) is 14.9 Å². The number of rotatable bonds is 9. The molecule has 5 heteroatoms. The minimum absolute atomic E-state index is 0.128. The van der Waals surface area contributed by atoms with E-state index in [9.17, 15) is 9.90 Å². The lowest BCUT2D eigenvalue weighted by atomic mass is 9.48. The third kappa shape index (κ3) is 4.64. The van der Waals surface area contributed by atoms with Gasteiger partial charge in [0.25, 0.3) is 0 Å². The number of benzene rings is 2.